The molecule has 0 bridgehead atoms. The van der Waals surface area contributed by atoms with E-state index in [1.807, 2.05) is 6.07 Å². The smallest absolute Gasteiger partial charge is 0.240 e. The monoisotopic (exact) mass is 297 g/mol. The van der Waals surface area contributed by atoms with Crippen molar-refractivity contribution in [3.8, 4) is 6.07 Å². The molecule has 0 spiro atoms. The molecule has 1 aromatic carbocycles. The van der Waals surface area contributed by atoms with Crippen LogP contribution in [0.25, 0.3) is 0 Å². The Morgan fingerprint density at radius 1 is 1.40 bits per heavy atom. The molecule has 0 aliphatic heterocycles. The van der Waals surface area contributed by atoms with Gasteiger partial charge in [0.2, 0.25) is 10.0 Å². The van der Waals surface area contributed by atoms with Crippen molar-refractivity contribution in [1.29, 1.82) is 5.26 Å². The lowest BCUT2D eigenvalue weighted by Gasteiger charge is -2.10. The molecule has 1 unspecified atom stereocenters. The Balaban J connectivity index is 2.67. The Morgan fingerprint density at radius 3 is 2.70 bits per heavy atom. The molecule has 110 valence electrons. The Kier molecular flexibility index (Phi) is 6.10. The van der Waals surface area contributed by atoms with Crippen molar-refractivity contribution in [2.24, 2.45) is 0 Å². The highest BCUT2D eigenvalue weighted by molar-refractivity contribution is 7.89. The van der Waals surface area contributed by atoms with E-state index in [2.05, 4.69) is 10.0 Å². The topological polar surface area (TPSA) is 102 Å². The molecule has 1 rings (SSSR count). The van der Waals surface area contributed by atoms with Crippen molar-refractivity contribution in [2.45, 2.75) is 24.8 Å². The summed E-state index contributed by atoms with van der Waals surface area (Å²) in [5, 5.41) is 20.8. The zero-order valence-corrected chi connectivity index (χ0v) is 12.4. The molecule has 0 aliphatic rings. The third kappa shape index (κ3) is 4.90. The van der Waals surface area contributed by atoms with E-state index in [1.54, 1.807) is 26.0 Å². The maximum Gasteiger partial charge on any atom is 0.240 e. The lowest BCUT2D eigenvalue weighted by Crippen LogP contribution is -2.34. The zero-order valence-electron chi connectivity index (χ0n) is 11.5. The van der Waals surface area contributed by atoms with E-state index in [1.165, 1.54) is 6.07 Å². The largest absolute Gasteiger partial charge is 0.392 e. The standard InChI is InChI=1S/C13H19N3O3S/c1-10-3-4-12(8-14)7-13(10)20(18,19)16-6-5-15-9-11(2)17/h3-4,7,11,15-17H,5-6,9H2,1-2H3. The van der Waals surface area contributed by atoms with Crippen LogP contribution in [0.1, 0.15) is 18.1 Å². The summed E-state index contributed by atoms with van der Waals surface area (Å²) >= 11 is 0. The molecule has 1 atom stereocenters. The van der Waals surface area contributed by atoms with Gasteiger partial charge >= 0.3 is 0 Å². The van der Waals surface area contributed by atoms with E-state index in [-0.39, 0.29) is 11.4 Å². The van der Waals surface area contributed by atoms with E-state index in [0.717, 1.165) is 0 Å². The van der Waals surface area contributed by atoms with Crippen LogP contribution in [0.15, 0.2) is 23.1 Å². The molecular weight excluding hydrogens is 278 g/mol. The molecule has 7 heteroatoms. The Morgan fingerprint density at radius 2 is 2.10 bits per heavy atom. The van der Waals surface area contributed by atoms with Gasteiger partial charge in [-0.2, -0.15) is 5.26 Å². The van der Waals surface area contributed by atoms with Crippen LogP contribution < -0.4 is 10.0 Å². The van der Waals surface area contributed by atoms with Gasteiger partial charge in [0.25, 0.3) is 0 Å². The van der Waals surface area contributed by atoms with Gasteiger partial charge in [-0.3, -0.25) is 0 Å². The summed E-state index contributed by atoms with van der Waals surface area (Å²) in [5.74, 6) is 0. The first-order valence-electron chi connectivity index (χ1n) is 6.26. The predicted molar refractivity (Wildman–Crippen MR) is 75.6 cm³/mol. The fourth-order valence-corrected chi connectivity index (χ4v) is 2.92. The lowest BCUT2D eigenvalue weighted by molar-refractivity contribution is 0.192. The van der Waals surface area contributed by atoms with Crippen molar-refractivity contribution in [3.63, 3.8) is 0 Å². The molecule has 0 amide bonds. The van der Waals surface area contributed by atoms with Crippen LogP contribution in [0.2, 0.25) is 0 Å². The van der Waals surface area contributed by atoms with Gasteiger partial charge < -0.3 is 10.4 Å². The number of rotatable bonds is 7. The molecular formula is C13H19N3O3S. The summed E-state index contributed by atoms with van der Waals surface area (Å²) in [6, 6.07) is 6.48. The molecule has 0 aromatic heterocycles. The Hall–Kier alpha value is -1.46. The fraction of sp³-hybridized carbons (Fsp3) is 0.462. The quantitative estimate of drug-likeness (QED) is 0.620. The van der Waals surface area contributed by atoms with Gasteiger partial charge in [-0.25, -0.2) is 13.1 Å². The fourth-order valence-electron chi connectivity index (χ4n) is 1.62. The lowest BCUT2D eigenvalue weighted by atomic mass is 10.2. The van der Waals surface area contributed by atoms with Gasteiger partial charge in [0.15, 0.2) is 0 Å². The molecule has 0 aliphatic carbocycles. The normalized spacial score (nSPS) is 12.9. The minimum atomic E-state index is -3.63. The van der Waals surface area contributed by atoms with Crippen LogP contribution in [0.3, 0.4) is 0 Å². The summed E-state index contributed by atoms with van der Waals surface area (Å²) in [4.78, 5) is 0.118. The number of hydrogen-bond acceptors (Lipinski definition) is 5. The van der Waals surface area contributed by atoms with E-state index >= 15 is 0 Å². The summed E-state index contributed by atoms with van der Waals surface area (Å²) < 4.78 is 26.7. The van der Waals surface area contributed by atoms with E-state index in [9.17, 15) is 8.42 Å². The first kappa shape index (κ1) is 16.6. The maximum absolute atomic E-state index is 12.1. The Bertz CT molecular complexity index is 591. The van der Waals surface area contributed by atoms with Crippen LogP contribution in [0.4, 0.5) is 0 Å². The summed E-state index contributed by atoms with van der Waals surface area (Å²) in [6.45, 7) is 4.37. The summed E-state index contributed by atoms with van der Waals surface area (Å²) in [6.07, 6.45) is -0.471. The maximum atomic E-state index is 12.1. The molecule has 6 nitrogen and oxygen atoms in total. The number of sulfonamides is 1. The average Bonchev–Trinajstić information content (AvgIpc) is 2.38. The minimum absolute atomic E-state index is 0.118. The van der Waals surface area contributed by atoms with Gasteiger partial charge in [-0.15, -0.1) is 0 Å². The molecule has 0 saturated heterocycles. The number of aryl methyl sites for hydroxylation is 1. The number of hydrogen-bond donors (Lipinski definition) is 3. The second-order valence-corrected chi connectivity index (χ2v) is 6.28. The van der Waals surface area contributed by atoms with Crippen molar-refractivity contribution in [3.05, 3.63) is 29.3 Å². The van der Waals surface area contributed by atoms with E-state index in [4.69, 9.17) is 10.4 Å². The van der Waals surface area contributed by atoms with Gasteiger partial charge in [0.05, 0.1) is 22.6 Å². The average molecular weight is 297 g/mol. The van der Waals surface area contributed by atoms with Gasteiger partial charge in [0, 0.05) is 19.6 Å². The third-order valence-electron chi connectivity index (χ3n) is 2.64. The van der Waals surface area contributed by atoms with Gasteiger partial charge in [-0.05, 0) is 31.5 Å². The van der Waals surface area contributed by atoms with Gasteiger partial charge in [-0.1, -0.05) is 6.07 Å². The molecule has 20 heavy (non-hydrogen) atoms. The van der Waals surface area contributed by atoms with E-state index in [0.29, 0.717) is 24.2 Å². The number of benzene rings is 1. The predicted octanol–water partition coefficient (Wildman–Crippen LogP) is 0.115. The first-order valence-corrected chi connectivity index (χ1v) is 7.74. The third-order valence-corrected chi connectivity index (χ3v) is 4.24. The first-order chi connectivity index (χ1) is 9.36. The molecule has 0 radical (unpaired) electrons. The van der Waals surface area contributed by atoms with Crippen LogP contribution in [0.5, 0.6) is 0 Å². The van der Waals surface area contributed by atoms with E-state index < -0.39 is 16.1 Å². The molecule has 1 aromatic rings. The van der Waals surface area contributed by atoms with Gasteiger partial charge in [0.1, 0.15) is 0 Å². The SMILES string of the molecule is Cc1ccc(C#N)cc1S(=O)(=O)NCCNCC(C)O. The van der Waals surface area contributed by atoms with Crippen molar-refractivity contribution in [2.75, 3.05) is 19.6 Å². The van der Waals surface area contributed by atoms with Crippen molar-refractivity contribution < 1.29 is 13.5 Å². The Labute approximate surface area is 119 Å². The molecule has 3 N–H and O–H groups in total. The number of nitriles is 1. The van der Waals surface area contributed by atoms with Crippen molar-refractivity contribution >= 4 is 10.0 Å². The summed E-state index contributed by atoms with van der Waals surface area (Å²) in [7, 11) is -3.63. The highest BCUT2D eigenvalue weighted by Crippen LogP contribution is 2.16. The zero-order chi connectivity index (χ0) is 15.2. The highest BCUT2D eigenvalue weighted by Gasteiger charge is 2.16. The molecule has 0 fully saturated rings. The number of nitrogens with zero attached hydrogens (tertiary/aromatic N) is 1. The minimum Gasteiger partial charge on any atom is -0.392 e. The second kappa shape index (κ2) is 7.36. The molecule has 0 heterocycles. The number of aliphatic hydroxyl groups excluding tert-OH is 1. The van der Waals surface area contributed by atoms with Crippen LogP contribution in [-0.2, 0) is 10.0 Å². The number of aliphatic hydroxyl groups is 1. The molecule has 0 saturated carbocycles. The highest BCUT2D eigenvalue weighted by atomic mass is 32.2. The van der Waals surface area contributed by atoms with Crippen molar-refractivity contribution in [1.82, 2.24) is 10.0 Å². The van der Waals surface area contributed by atoms with Crippen LogP contribution in [0, 0.1) is 18.3 Å². The van der Waals surface area contributed by atoms with Crippen LogP contribution in [-0.4, -0.2) is 39.3 Å². The number of nitrogens with one attached hydrogen (secondary N) is 2. The van der Waals surface area contributed by atoms with Crippen LogP contribution >= 0.6 is 0 Å². The summed E-state index contributed by atoms with van der Waals surface area (Å²) in [5.41, 5.74) is 0.900. The second-order valence-electron chi connectivity index (χ2n) is 4.54.